The van der Waals surface area contributed by atoms with E-state index in [1.54, 1.807) is 6.20 Å². The van der Waals surface area contributed by atoms with Crippen LogP contribution in [0.2, 0.25) is 0 Å². The second-order valence-electron chi connectivity index (χ2n) is 6.57. The molecular weight excluding hydrogens is 352 g/mol. The number of benzene rings is 2. The van der Waals surface area contributed by atoms with E-state index in [4.69, 9.17) is 9.15 Å². The van der Waals surface area contributed by atoms with Gasteiger partial charge >= 0.3 is 0 Å². The Morgan fingerprint density at radius 1 is 0.893 bits per heavy atom. The third-order valence-corrected chi connectivity index (χ3v) is 4.74. The molecule has 0 saturated heterocycles. The van der Waals surface area contributed by atoms with E-state index in [-0.39, 0.29) is 6.61 Å². The molecule has 0 aliphatic rings. The van der Waals surface area contributed by atoms with Gasteiger partial charge in [-0.1, -0.05) is 36.4 Å². The zero-order valence-corrected chi connectivity index (χ0v) is 15.1. The van der Waals surface area contributed by atoms with Gasteiger partial charge in [0.05, 0.1) is 0 Å². The third-order valence-electron chi connectivity index (χ3n) is 4.74. The van der Waals surface area contributed by atoms with Crippen LogP contribution in [0.1, 0.15) is 17.3 Å². The number of hydrogen-bond acceptors (Lipinski definition) is 5. The Morgan fingerprint density at radius 2 is 1.79 bits per heavy atom. The van der Waals surface area contributed by atoms with E-state index >= 15 is 0 Å². The molecule has 0 saturated carbocycles. The maximum atomic E-state index is 5.86. The molecule has 6 nitrogen and oxygen atoms in total. The molecular formula is C22H18N4O2. The Labute approximate surface area is 161 Å². The van der Waals surface area contributed by atoms with Crippen LogP contribution in [0.25, 0.3) is 21.8 Å². The van der Waals surface area contributed by atoms with Crippen LogP contribution >= 0.6 is 0 Å². The van der Waals surface area contributed by atoms with Gasteiger partial charge in [0.1, 0.15) is 11.3 Å². The number of ether oxygens (including phenoxy) is 1. The van der Waals surface area contributed by atoms with Gasteiger partial charge in [0.2, 0.25) is 5.89 Å². The quantitative estimate of drug-likeness (QED) is 0.477. The van der Waals surface area contributed by atoms with E-state index in [1.807, 2.05) is 48.7 Å². The zero-order valence-electron chi connectivity index (χ0n) is 15.1. The van der Waals surface area contributed by atoms with Crippen LogP contribution in [0, 0.1) is 0 Å². The summed E-state index contributed by atoms with van der Waals surface area (Å²) in [6.45, 7) is 0.218. The van der Waals surface area contributed by atoms with Gasteiger partial charge < -0.3 is 14.1 Å². The molecule has 3 heterocycles. The summed E-state index contributed by atoms with van der Waals surface area (Å²) in [6.07, 6.45) is 5.31. The second-order valence-corrected chi connectivity index (χ2v) is 6.57. The van der Waals surface area contributed by atoms with Crippen molar-refractivity contribution in [1.82, 2.24) is 20.2 Å². The van der Waals surface area contributed by atoms with Crippen molar-refractivity contribution in [3.63, 3.8) is 0 Å². The monoisotopic (exact) mass is 370 g/mol. The highest BCUT2D eigenvalue weighted by Crippen LogP contribution is 2.24. The minimum Gasteiger partial charge on any atom is -0.482 e. The van der Waals surface area contributed by atoms with E-state index in [0.29, 0.717) is 24.0 Å². The number of para-hydroxylation sites is 2. The topological polar surface area (TPSA) is 76.8 Å². The van der Waals surface area contributed by atoms with Crippen LogP contribution in [0.15, 0.2) is 71.4 Å². The van der Waals surface area contributed by atoms with Gasteiger partial charge in [-0.3, -0.25) is 4.98 Å². The first-order valence-electron chi connectivity index (χ1n) is 9.19. The maximum Gasteiger partial charge on any atom is 0.253 e. The van der Waals surface area contributed by atoms with E-state index in [9.17, 15) is 0 Å². The Bertz CT molecular complexity index is 1240. The molecule has 0 amide bonds. The molecule has 0 atom stereocenters. The van der Waals surface area contributed by atoms with E-state index in [1.165, 1.54) is 10.9 Å². The van der Waals surface area contributed by atoms with Gasteiger partial charge in [-0.05, 0) is 30.2 Å². The average Bonchev–Trinajstić information content (AvgIpc) is 3.37. The molecule has 5 rings (SSSR count). The van der Waals surface area contributed by atoms with Gasteiger partial charge in [0, 0.05) is 35.1 Å². The van der Waals surface area contributed by atoms with Gasteiger partial charge in [0.15, 0.2) is 6.61 Å². The van der Waals surface area contributed by atoms with Crippen molar-refractivity contribution < 1.29 is 9.15 Å². The van der Waals surface area contributed by atoms with Crippen molar-refractivity contribution >= 4 is 21.8 Å². The summed E-state index contributed by atoms with van der Waals surface area (Å²) in [5.41, 5.74) is 3.21. The first kappa shape index (κ1) is 16.5. The molecule has 0 radical (unpaired) electrons. The molecule has 0 spiro atoms. The average molecular weight is 370 g/mol. The van der Waals surface area contributed by atoms with Crippen LogP contribution in [0.5, 0.6) is 5.75 Å². The van der Waals surface area contributed by atoms with Gasteiger partial charge in [0.25, 0.3) is 5.89 Å². The fourth-order valence-electron chi connectivity index (χ4n) is 3.36. The number of aromatic nitrogens is 4. The minimum absolute atomic E-state index is 0.218. The van der Waals surface area contributed by atoms with Crippen LogP contribution in [0.3, 0.4) is 0 Å². The standard InChI is InChI=1S/C22H18N4O2/c1-2-8-18-17(7-1)16(13-24-18)10-11-20-25-26-21(28-20)14-27-19-9-3-5-15-6-4-12-23-22(15)19/h1-9,12-13,24H,10-11,14H2. The zero-order chi connectivity index (χ0) is 18.8. The van der Waals surface area contributed by atoms with Crippen molar-refractivity contribution in [2.45, 2.75) is 19.4 Å². The Balaban J connectivity index is 1.25. The van der Waals surface area contributed by atoms with E-state index in [0.717, 1.165) is 22.8 Å². The summed E-state index contributed by atoms with van der Waals surface area (Å²) < 4.78 is 11.6. The third kappa shape index (κ3) is 3.20. The molecule has 0 aliphatic carbocycles. The van der Waals surface area contributed by atoms with Gasteiger partial charge in [-0.15, -0.1) is 10.2 Å². The number of nitrogens with one attached hydrogen (secondary N) is 1. The Hall–Kier alpha value is -3.67. The fourth-order valence-corrected chi connectivity index (χ4v) is 3.36. The lowest BCUT2D eigenvalue weighted by Crippen LogP contribution is -1.97. The van der Waals surface area contributed by atoms with Crippen molar-refractivity contribution in [3.8, 4) is 5.75 Å². The fraction of sp³-hybridized carbons (Fsp3) is 0.136. The van der Waals surface area contributed by atoms with Crippen LogP contribution < -0.4 is 4.74 Å². The summed E-state index contributed by atoms with van der Waals surface area (Å²) in [5.74, 6) is 1.78. The van der Waals surface area contributed by atoms with Crippen LogP contribution in [-0.4, -0.2) is 20.2 Å². The van der Waals surface area contributed by atoms with Crippen molar-refractivity contribution in [1.29, 1.82) is 0 Å². The number of aryl methyl sites for hydroxylation is 2. The molecule has 0 bridgehead atoms. The lowest BCUT2D eigenvalue weighted by molar-refractivity contribution is 0.261. The predicted molar refractivity (Wildman–Crippen MR) is 106 cm³/mol. The first-order chi connectivity index (χ1) is 13.9. The molecule has 1 N–H and O–H groups in total. The minimum atomic E-state index is 0.218. The molecule has 138 valence electrons. The first-order valence-corrected chi connectivity index (χ1v) is 9.19. The largest absolute Gasteiger partial charge is 0.482 e. The normalized spacial score (nSPS) is 11.3. The van der Waals surface area contributed by atoms with Gasteiger partial charge in [-0.2, -0.15) is 0 Å². The highest BCUT2D eigenvalue weighted by atomic mass is 16.5. The number of aromatic amines is 1. The SMILES string of the molecule is c1cnc2c(OCc3nnc(CCc4c[nH]c5ccccc45)o3)cccc2c1. The maximum absolute atomic E-state index is 5.86. The molecule has 28 heavy (non-hydrogen) atoms. The number of H-pyrrole nitrogens is 1. The van der Waals surface area contributed by atoms with Gasteiger partial charge in [-0.25, -0.2) is 0 Å². The lowest BCUT2D eigenvalue weighted by atomic mass is 10.1. The summed E-state index contributed by atoms with van der Waals surface area (Å²) in [6, 6.07) is 18.0. The number of hydrogen-bond donors (Lipinski definition) is 1. The Morgan fingerprint density at radius 3 is 2.79 bits per heavy atom. The lowest BCUT2D eigenvalue weighted by Gasteiger charge is -2.06. The molecule has 3 aromatic heterocycles. The van der Waals surface area contributed by atoms with E-state index in [2.05, 4.69) is 32.3 Å². The molecule has 0 fully saturated rings. The summed E-state index contributed by atoms with van der Waals surface area (Å²) in [5, 5.41) is 10.5. The number of rotatable bonds is 6. The molecule has 2 aromatic carbocycles. The summed E-state index contributed by atoms with van der Waals surface area (Å²) in [4.78, 5) is 7.68. The number of nitrogens with zero attached hydrogens (tertiary/aromatic N) is 3. The van der Waals surface area contributed by atoms with E-state index < -0.39 is 0 Å². The number of fused-ring (bicyclic) bond motifs is 2. The summed E-state index contributed by atoms with van der Waals surface area (Å²) >= 11 is 0. The smallest absolute Gasteiger partial charge is 0.253 e. The van der Waals surface area contributed by atoms with Crippen molar-refractivity contribution in [2.75, 3.05) is 0 Å². The molecule has 0 aliphatic heterocycles. The highest BCUT2D eigenvalue weighted by Gasteiger charge is 2.10. The van der Waals surface area contributed by atoms with Crippen LogP contribution in [0.4, 0.5) is 0 Å². The molecule has 6 heteroatoms. The summed E-state index contributed by atoms with van der Waals surface area (Å²) in [7, 11) is 0. The number of pyridine rings is 1. The second kappa shape index (κ2) is 7.15. The predicted octanol–water partition coefficient (Wildman–Crippen LogP) is 4.46. The van der Waals surface area contributed by atoms with Crippen molar-refractivity contribution in [3.05, 3.63) is 84.3 Å². The molecule has 0 unspecified atom stereocenters. The highest BCUT2D eigenvalue weighted by molar-refractivity contribution is 5.84. The molecule has 5 aromatic rings. The van der Waals surface area contributed by atoms with Crippen molar-refractivity contribution in [2.24, 2.45) is 0 Å². The Kier molecular flexibility index (Phi) is 4.21. The van der Waals surface area contributed by atoms with Crippen LogP contribution in [-0.2, 0) is 19.4 Å².